The molecule has 0 aromatic rings. The van der Waals surface area contributed by atoms with E-state index in [4.69, 9.17) is 9.47 Å². The van der Waals surface area contributed by atoms with Crippen LogP contribution >= 0.6 is 0 Å². The summed E-state index contributed by atoms with van der Waals surface area (Å²) in [6, 6.07) is 0. The topological polar surface area (TPSA) is 76.7 Å². The highest BCUT2D eigenvalue weighted by Crippen LogP contribution is 1.99. The predicted molar refractivity (Wildman–Crippen MR) is 91.3 cm³/mol. The van der Waals surface area contributed by atoms with Gasteiger partial charge in [-0.25, -0.2) is 0 Å². The Morgan fingerprint density at radius 3 is 1.96 bits per heavy atom. The highest BCUT2D eigenvalue weighted by Gasteiger charge is 2.04. The number of hydrogen-bond acceptors (Lipinski definition) is 4. The zero-order valence-corrected chi connectivity index (χ0v) is 15.0. The Morgan fingerprint density at radius 1 is 0.870 bits per heavy atom. The van der Waals surface area contributed by atoms with E-state index < -0.39 is 0 Å². The van der Waals surface area contributed by atoms with E-state index in [1.807, 2.05) is 13.8 Å². The average Bonchev–Trinajstić information content (AvgIpc) is 2.51. The van der Waals surface area contributed by atoms with Gasteiger partial charge in [-0.1, -0.05) is 13.8 Å². The predicted octanol–water partition coefficient (Wildman–Crippen LogP) is 1.88. The van der Waals surface area contributed by atoms with Crippen molar-refractivity contribution in [2.75, 3.05) is 40.0 Å². The molecule has 0 saturated carbocycles. The summed E-state index contributed by atoms with van der Waals surface area (Å²) in [5.74, 6) is 0.125. The molecule has 0 rings (SSSR count). The lowest BCUT2D eigenvalue weighted by molar-refractivity contribution is -0.125. The first-order chi connectivity index (χ1) is 11.1. The zero-order valence-electron chi connectivity index (χ0n) is 15.0. The number of carbonyl (C=O) groups is 2. The largest absolute Gasteiger partial charge is 0.381 e. The fourth-order valence-electron chi connectivity index (χ4n) is 1.94. The third-order valence-corrected chi connectivity index (χ3v) is 3.35. The van der Waals surface area contributed by atoms with Gasteiger partial charge < -0.3 is 20.1 Å². The fourth-order valence-corrected chi connectivity index (χ4v) is 1.94. The van der Waals surface area contributed by atoms with Gasteiger partial charge in [0.05, 0.1) is 0 Å². The quantitative estimate of drug-likeness (QED) is 0.450. The molecule has 0 fully saturated rings. The maximum absolute atomic E-state index is 11.3. The molecule has 136 valence electrons. The molecule has 0 saturated heterocycles. The van der Waals surface area contributed by atoms with Gasteiger partial charge in [-0.3, -0.25) is 9.59 Å². The van der Waals surface area contributed by atoms with E-state index >= 15 is 0 Å². The summed E-state index contributed by atoms with van der Waals surface area (Å²) in [5.41, 5.74) is 0. The molecule has 0 aliphatic heterocycles. The van der Waals surface area contributed by atoms with Gasteiger partial charge in [0.1, 0.15) is 6.61 Å². The third-order valence-electron chi connectivity index (χ3n) is 3.35. The lowest BCUT2D eigenvalue weighted by Gasteiger charge is -2.08. The van der Waals surface area contributed by atoms with Gasteiger partial charge in [-0.05, 0) is 38.5 Å². The van der Waals surface area contributed by atoms with Crippen LogP contribution in [0.1, 0.15) is 52.4 Å². The number of carbonyl (C=O) groups excluding carboxylic acids is 2. The minimum Gasteiger partial charge on any atom is -0.381 e. The third kappa shape index (κ3) is 15.5. The van der Waals surface area contributed by atoms with Crippen LogP contribution in [0.3, 0.4) is 0 Å². The molecule has 6 nitrogen and oxygen atoms in total. The summed E-state index contributed by atoms with van der Waals surface area (Å²) in [5, 5.41) is 5.71. The van der Waals surface area contributed by atoms with Crippen LogP contribution in [0.25, 0.3) is 0 Å². The van der Waals surface area contributed by atoms with Crippen LogP contribution in [0.5, 0.6) is 0 Å². The standard InChI is InChI=1S/C17H34N2O4/c1-15(2)17(21)19-11-7-5-9-13-23-12-8-4-6-10-18-16(20)14-22-3/h15H,4-14H2,1-3H3,(H,18,20)(H,19,21). The van der Waals surface area contributed by atoms with E-state index in [1.165, 1.54) is 7.11 Å². The summed E-state index contributed by atoms with van der Waals surface area (Å²) in [6.07, 6.45) is 6.14. The van der Waals surface area contributed by atoms with Crippen LogP contribution in [-0.4, -0.2) is 51.8 Å². The van der Waals surface area contributed by atoms with Crippen LogP contribution in [0.15, 0.2) is 0 Å². The molecule has 0 radical (unpaired) electrons. The minimum atomic E-state index is -0.0617. The number of unbranched alkanes of at least 4 members (excludes halogenated alkanes) is 4. The maximum Gasteiger partial charge on any atom is 0.245 e. The summed E-state index contributed by atoms with van der Waals surface area (Å²) in [7, 11) is 1.51. The summed E-state index contributed by atoms with van der Waals surface area (Å²) in [4.78, 5) is 22.4. The summed E-state index contributed by atoms with van der Waals surface area (Å²) in [6.45, 7) is 6.94. The lowest BCUT2D eigenvalue weighted by Crippen LogP contribution is -2.28. The molecule has 2 amide bonds. The second-order valence-corrected chi connectivity index (χ2v) is 5.96. The summed E-state index contributed by atoms with van der Waals surface area (Å²) >= 11 is 0. The Balaban J connectivity index is 3.14. The SMILES string of the molecule is COCC(=O)NCCCCCOCCCCCNC(=O)C(C)C. The van der Waals surface area contributed by atoms with E-state index in [1.54, 1.807) is 0 Å². The molecule has 0 aliphatic rings. The number of hydrogen-bond donors (Lipinski definition) is 2. The van der Waals surface area contributed by atoms with Crippen molar-refractivity contribution in [1.82, 2.24) is 10.6 Å². The molecule has 0 unspecified atom stereocenters. The van der Waals surface area contributed by atoms with Gasteiger partial charge in [-0.15, -0.1) is 0 Å². The molecule has 0 aliphatic carbocycles. The van der Waals surface area contributed by atoms with Crippen molar-refractivity contribution in [2.45, 2.75) is 52.4 Å². The molecule has 0 bridgehead atoms. The zero-order chi connectivity index (χ0) is 17.3. The highest BCUT2D eigenvalue weighted by molar-refractivity contribution is 5.77. The van der Waals surface area contributed by atoms with E-state index in [2.05, 4.69) is 10.6 Å². The summed E-state index contributed by atoms with van der Waals surface area (Å²) < 4.78 is 10.3. The Morgan fingerprint density at radius 2 is 1.43 bits per heavy atom. The van der Waals surface area contributed by atoms with Crippen molar-refractivity contribution in [3.05, 3.63) is 0 Å². The van der Waals surface area contributed by atoms with E-state index in [0.29, 0.717) is 6.54 Å². The smallest absolute Gasteiger partial charge is 0.245 e. The minimum absolute atomic E-state index is 0.0617. The van der Waals surface area contributed by atoms with Crippen molar-refractivity contribution >= 4 is 11.8 Å². The van der Waals surface area contributed by atoms with Gasteiger partial charge in [0.15, 0.2) is 0 Å². The second kappa shape index (κ2) is 15.7. The lowest BCUT2D eigenvalue weighted by atomic mass is 10.2. The number of methoxy groups -OCH3 is 1. The highest BCUT2D eigenvalue weighted by atomic mass is 16.5. The van der Waals surface area contributed by atoms with Gasteiger partial charge in [-0.2, -0.15) is 0 Å². The van der Waals surface area contributed by atoms with Crippen molar-refractivity contribution in [1.29, 1.82) is 0 Å². The normalized spacial score (nSPS) is 10.8. The second-order valence-electron chi connectivity index (χ2n) is 5.96. The molecular weight excluding hydrogens is 296 g/mol. The average molecular weight is 330 g/mol. The van der Waals surface area contributed by atoms with Crippen LogP contribution in [-0.2, 0) is 19.1 Å². The van der Waals surface area contributed by atoms with Crippen LogP contribution in [0.2, 0.25) is 0 Å². The van der Waals surface area contributed by atoms with Crippen molar-refractivity contribution in [3.63, 3.8) is 0 Å². The number of nitrogens with one attached hydrogen (secondary N) is 2. The van der Waals surface area contributed by atoms with Gasteiger partial charge >= 0.3 is 0 Å². The molecule has 0 atom stereocenters. The molecule has 23 heavy (non-hydrogen) atoms. The van der Waals surface area contributed by atoms with Gasteiger partial charge in [0, 0.05) is 39.3 Å². The molecule has 0 aromatic carbocycles. The Hall–Kier alpha value is -1.14. The van der Waals surface area contributed by atoms with Gasteiger partial charge in [0.2, 0.25) is 11.8 Å². The Kier molecular flexibility index (Phi) is 15.0. The van der Waals surface area contributed by atoms with Crippen molar-refractivity contribution in [3.8, 4) is 0 Å². The Bertz CT molecular complexity index is 309. The van der Waals surface area contributed by atoms with Crippen LogP contribution in [0.4, 0.5) is 0 Å². The molecule has 0 aromatic heterocycles. The van der Waals surface area contributed by atoms with Crippen molar-refractivity contribution in [2.24, 2.45) is 5.92 Å². The molecule has 2 N–H and O–H groups in total. The number of rotatable bonds is 15. The van der Waals surface area contributed by atoms with E-state index in [-0.39, 0.29) is 24.3 Å². The molecular formula is C17H34N2O4. The monoisotopic (exact) mass is 330 g/mol. The fraction of sp³-hybridized carbons (Fsp3) is 0.882. The first-order valence-electron chi connectivity index (χ1n) is 8.69. The maximum atomic E-state index is 11.3. The number of amides is 2. The van der Waals surface area contributed by atoms with E-state index in [0.717, 1.165) is 58.3 Å². The number of ether oxygens (including phenoxy) is 2. The Labute approximate surface area is 140 Å². The molecule has 6 heteroatoms. The van der Waals surface area contributed by atoms with Crippen LogP contribution < -0.4 is 10.6 Å². The first kappa shape index (κ1) is 21.9. The first-order valence-corrected chi connectivity index (χ1v) is 8.69. The van der Waals surface area contributed by atoms with Crippen molar-refractivity contribution < 1.29 is 19.1 Å². The molecule has 0 spiro atoms. The van der Waals surface area contributed by atoms with Crippen LogP contribution in [0, 0.1) is 5.92 Å². The molecule has 0 heterocycles. The van der Waals surface area contributed by atoms with Gasteiger partial charge in [0.25, 0.3) is 0 Å². The van der Waals surface area contributed by atoms with E-state index in [9.17, 15) is 9.59 Å².